The lowest BCUT2D eigenvalue weighted by atomic mass is 9.91. The van der Waals surface area contributed by atoms with Crippen molar-refractivity contribution in [3.8, 4) is 0 Å². The Labute approximate surface area is 62.2 Å². The molecule has 0 aliphatic carbocycles. The van der Waals surface area contributed by atoms with Crippen LogP contribution in [0.4, 0.5) is 0 Å². The predicted octanol–water partition coefficient (Wildman–Crippen LogP) is 0.916. The summed E-state index contributed by atoms with van der Waals surface area (Å²) < 4.78 is 0. The van der Waals surface area contributed by atoms with Gasteiger partial charge in [0.05, 0.1) is 0 Å². The van der Waals surface area contributed by atoms with E-state index in [1.807, 2.05) is 6.92 Å². The first-order valence-corrected chi connectivity index (χ1v) is 3.86. The highest BCUT2D eigenvalue weighted by molar-refractivity contribution is 5.82. The van der Waals surface area contributed by atoms with Gasteiger partial charge in [-0.15, -0.1) is 0 Å². The molecule has 1 heterocycles. The van der Waals surface area contributed by atoms with Crippen molar-refractivity contribution in [3.63, 3.8) is 0 Å². The van der Waals surface area contributed by atoms with Crippen molar-refractivity contribution in [1.82, 2.24) is 4.90 Å². The lowest BCUT2D eigenvalue weighted by molar-refractivity contribution is -0.127. The van der Waals surface area contributed by atoms with Gasteiger partial charge >= 0.3 is 0 Å². The second-order valence-electron chi connectivity index (χ2n) is 3.23. The number of carbonyl (C=O) groups is 1. The van der Waals surface area contributed by atoms with Crippen molar-refractivity contribution in [2.24, 2.45) is 5.92 Å². The van der Waals surface area contributed by atoms with Gasteiger partial charge in [0.25, 0.3) is 0 Å². The van der Waals surface area contributed by atoms with Gasteiger partial charge in [0.2, 0.25) is 0 Å². The van der Waals surface area contributed by atoms with E-state index in [0.29, 0.717) is 11.8 Å². The molecule has 2 atom stereocenters. The van der Waals surface area contributed by atoms with Crippen molar-refractivity contribution < 1.29 is 4.79 Å². The molecular formula is C8H15NO. The van der Waals surface area contributed by atoms with Gasteiger partial charge in [0, 0.05) is 24.9 Å². The summed E-state index contributed by atoms with van der Waals surface area (Å²) >= 11 is 0. The molecule has 0 spiro atoms. The summed E-state index contributed by atoms with van der Waals surface area (Å²) in [5.41, 5.74) is 0. The molecule has 58 valence electrons. The van der Waals surface area contributed by atoms with E-state index >= 15 is 0 Å². The molecule has 0 aromatic rings. The summed E-state index contributed by atoms with van der Waals surface area (Å²) in [5.74, 6) is 0.657. The third kappa shape index (κ3) is 1.21. The number of likely N-dealkylation sites (tertiary alicyclic amines) is 1. The van der Waals surface area contributed by atoms with Gasteiger partial charge in [-0.25, -0.2) is 0 Å². The van der Waals surface area contributed by atoms with Crippen LogP contribution in [-0.4, -0.2) is 30.3 Å². The highest BCUT2D eigenvalue weighted by atomic mass is 16.1. The Morgan fingerprint density at radius 1 is 1.50 bits per heavy atom. The first-order chi connectivity index (χ1) is 4.63. The maximum atomic E-state index is 11.1. The first kappa shape index (κ1) is 7.73. The molecule has 2 nitrogen and oxygen atoms in total. The molecule has 1 aliphatic heterocycles. The van der Waals surface area contributed by atoms with Crippen molar-refractivity contribution in [3.05, 3.63) is 0 Å². The molecule has 0 aromatic heterocycles. The van der Waals surface area contributed by atoms with Crippen LogP contribution in [0.2, 0.25) is 0 Å². The monoisotopic (exact) mass is 141 g/mol. The first-order valence-electron chi connectivity index (χ1n) is 3.86. The zero-order chi connectivity index (χ0) is 7.72. The zero-order valence-electron chi connectivity index (χ0n) is 6.92. The summed E-state index contributed by atoms with van der Waals surface area (Å²) in [7, 11) is 2.08. The Hall–Kier alpha value is -0.370. The predicted molar refractivity (Wildman–Crippen MR) is 40.9 cm³/mol. The highest BCUT2D eigenvalue weighted by Crippen LogP contribution is 2.17. The van der Waals surface area contributed by atoms with Crippen LogP contribution in [0.15, 0.2) is 0 Å². The summed E-state index contributed by atoms with van der Waals surface area (Å²) in [4.78, 5) is 13.4. The highest BCUT2D eigenvalue weighted by Gasteiger charge is 2.27. The van der Waals surface area contributed by atoms with E-state index in [0.717, 1.165) is 13.0 Å². The summed E-state index contributed by atoms with van der Waals surface area (Å²) in [6, 6.07) is 0.432. The Kier molecular flexibility index (Phi) is 2.09. The van der Waals surface area contributed by atoms with Crippen LogP contribution in [0, 0.1) is 5.92 Å². The lowest BCUT2D eigenvalue weighted by Crippen LogP contribution is -2.44. The molecule has 1 fully saturated rings. The normalized spacial score (nSPS) is 36.5. The van der Waals surface area contributed by atoms with Crippen molar-refractivity contribution in [2.45, 2.75) is 26.3 Å². The fraction of sp³-hybridized carbons (Fsp3) is 0.875. The molecule has 0 saturated carbocycles. The molecule has 0 radical (unpaired) electrons. The average Bonchev–Trinajstić information content (AvgIpc) is 1.93. The van der Waals surface area contributed by atoms with E-state index in [4.69, 9.17) is 0 Å². The van der Waals surface area contributed by atoms with Gasteiger partial charge in [-0.05, 0) is 14.0 Å². The number of hydrogen-bond acceptors (Lipinski definition) is 2. The number of ketones is 1. The maximum absolute atomic E-state index is 11.1. The largest absolute Gasteiger partial charge is 0.303 e. The van der Waals surface area contributed by atoms with E-state index in [9.17, 15) is 4.79 Å². The number of Topliss-reactive ketones (excluding diaryl/α,β-unsaturated/α-hetero) is 1. The van der Waals surface area contributed by atoms with Crippen molar-refractivity contribution in [2.75, 3.05) is 13.6 Å². The zero-order valence-corrected chi connectivity index (χ0v) is 6.92. The minimum Gasteiger partial charge on any atom is -0.303 e. The molecule has 0 unspecified atom stereocenters. The maximum Gasteiger partial charge on any atom is 0.138 e. The molecule has 0 N–H and O–H groups in total. The Morgan fingerprint density at radius 3 is 2.60 bits per heavy atom. The van der Waals surface area contributed by atoms with Crippen LogP contribution < -0.4 is 0 Å². The molecular weight excluding hydrogens is 126 g/mol. The van der Waals surface area contributed by atoms with E-state index in [-0.39, 0.29) is 5.92 Å². The Morgan fingerprint density at radius 2 is 2.10 bits per heavy atom. The SMILES string of the molecule is C[C@H]1C(=O)CCN(C)[C@H]1C. The average molecular weight is 141 g/mol. The standard InChI is InChI=1S/C8H15NO/c1-6-7(2)9(3)5-4-8(6)10/h6-7H,4-5H2,1-3H3/t6-,7+/m1/s1. The molecule has 2 heteroatoms. The van der Waals surface area contributed by atoms with Gasteiger partial charge in [0.15, 0.2) is 0 Å². The van der Waals surface area contributed by atoms with Gasteiger partial charge in [-0.1, -0.05) is 6.92 Å². The third-order valence-electron chi connectivity index (χ3n) is 2.64. The second-order valence-corrected chi connectivity index (χ2v) is 3.23. The number of piperidine rings is 1. The number of rotatable bonds is 0. The number of nitrogens with zero attached hydrogens (tertiary/aromatic N) is 1. The molecule has 1 rings (SSSR count). The van der Waals surface area contributed by atoms with Gasteiger partial charge in [0.1, 0.15) is 5.78 Å². The van der Waals surface area contributed by atoms with Crippen LogP contribution in [0.1, 0.15) is 20.3 Å². The quantitative estimate of drug-likeness (QED) is 0.500. The topological polar surface area (TPSA) is 20.3 Å². The Balaban J connectivity index is 2.60. The summed E-state index contributed by atoms with van der Waals surface area (Å²) in [5, 5.41) is 0. The van der Waals surface area contributed by atoms with E-state index in [1.165, 1.54) is 0 Å². The van der Waals surface area contributed by atoms with Crippen LogP contribution in [0.25, 0.3) is 0 Å². The molecule has 1 aliphatic rings. The number of hydrogen-bond donors (Lipinski definition) is 0. The fourth-order valence-corrected chi connectivity index (χ4v) is 1.37. The molecule has 0 bridgehead atoms. The molecule has 0 amide bonds. The summed E-state index contributed by atoms with van der Waals surface area (Å²) in [6.07, 6.45) is 0.738. The van der Waals surface area contributed by atoms with Crippen molar-refractivity contribution >= 4 is 5.78 Å². The van der Waals surface area contributed by atoms with Crippen molar-refractivity contribution in [1.29, 1.82) is 0 Å². The minimum absolute atomic E-state index is 0.235. The van der Waals surface area contributed by atoms with Gasteiger partial charge in [-0.2, -0.15) is 0 Å². The summed E-state index contributed by atoms with van der Waals surface area (Å²) in [6.45, 7) is 5.06. The third-order valence-corrected chi connectivity index (χ3v) is 2.64. The van der Waals surface area contributed by atoms with Crippen LogP contribution in [0.3, 0.4) is 0 Å². The molecule has 1 saturated heterocycles. The smallest absolute Gasteiger partial charge is 0.138 e. The lowest BCUT2D eigenvalue weighted by Gasteiger charge is -2.33. The van der Waals surface area contributed by atoms with Gasteiger partial charge in [-0.3, -0.25) is 4.79 Å². The Bertz CT molecular complexity index is 144. The second kappa shape index (κ2) is 2.70. The van der Waals surface area contributed by atoms with Crippen LogP contribution >= 0.6 is 0 Å². The van der Waals surface area contributed by atoms with E-state index < -0.39 is 0 Å². The molecule has 0 aromatic carbocycles. The molecule has 10 heavy (non-hydrogen) atoms. The van der Waals surface area contributed by atoms with Gasteiger partial charge < -0.3 is 4.90 Å². The van der Waals surface area contributed by atoms with E-state index in [2.05, 4.69) is 18.9 Å². The van der Waals surface area contributed by atoms with E-state index in [1.54, 1.807) is 0 Å². The minimum atomic E-state index is 0.235. The number of carbonyl (C=O) groups excluding carboxylic acids is 1. The van der Waals surface area contributed by atoms with Crippen LogP contribution in [0.5, 0.6) is 0 Å². The van der Waals surface area contributed by atoms with Crippen LogP contribution in [-0.2, 0) is 4.79 Å². The fourth-order valence-electron chi connectivity index (χ4n) is 1.37.